The number of ether oxygens (including phenoxy) is 2. The van der Waals surface area contributed by atoms with Crippen LogP contribution in [-0.2, 0) is 14.3 Å². The molecule has 1 aromatic rings. The first kappa shape index (κ1) is 14.1. The van der Waals surface area contributed by atoms with E-state index < -0.39 is 17.7 Å². The molecule has 98 valence electrons. The van der Waals surface area contributed by atoms with E-state index in [0.717, 1.165) is 12.1 Å². The molecule has 0 heterocycles. The summed E-state index contributed by atoms with van der Waals surface area (Å²) in [6, 6.07) is 3.44. The number of benzene rings is 1. The van der Waals surface area contributed by atoms with Gasteiger partial charge in [-0.3, -0.25) is 4.79 Å². The van der Waals surface area contributed by atoms with Gasteiger partial charge >= 0.3 is 5.97 Å². The van der Waals surface area contributed by atoms with Crippen molar-refractivity contribution in [3.05, 3.63) is 29.6 Å². The molecule has 5 nitrogen and oxygen atoms in total. The van der Waals surface area contributed by atoms with Crippen molar-refractivity contribution in [2.24, 2.45) is 0 Å². The van der Waals surface area contributed by atoms with Gasteiger partial charge in [-0.05, 0) is 25.1 Å². The normalized spacial score (nSPS) is 9.94. The molecule has 1 N–H and O–H groups in total. The number of nitrogens with one attached hydrogen (secondary N) is 1. The Morgan fingerprint density at radius 1 is 1.39 bits per heavy atom. The van der Waals surface area contributed by atoms with Crippen molar-refractivity contribution < 1.29 is 23.5 Å². The molecule has 6 heteroatoms. The van der Waals surface area contributed by atoms with E-state index in [1.165, 1.54) is 13.2 Å². The third kappa shape index (κ3) is 3.81. The van der Waals surface area contributed by atoms with Crippen LogP contribution in [0.2, 0.25) is 0 Å². The minimum absolute atomic E-state index is 0.0395. The van der Waals surface area contributed by atoms with Gasteiger partial charge in [-0.1, -0.05) is 0 Å². The minimum Gasteiger partial charge on any atom is -0.465 e. The van der Waals surface area contributed by atoms with Crippen molar-refractivity contribution >= 4 is 17.6 Å². The molecular weight excluding hydrogens is 241 g/mol. The Morgan fingerprint density at radius 2 is 2.11 bits per heavy atom. The van der Waals surface area contributed by atoms with Crippen LogP contribution in [-0.4, -0.2) is 32.2 Å². The van der Waals surface area contributed by atoms with Gasteiger partial charge in [0, 0.05) is 6.61 Å². The van der Waals surface area contributed by atoms with E-state index in [0.29, 0.717) is 6.61 Å². The molecule has 0 aliphatic rings. The minimum atomic E-state index is -0.721. The van der Waals surface area contributed by atoms with Crippen LogP contribution in [0.25, 0.3) is 0 Å². The van der Waals surface area contributed by atoms with Gasteiger partial charge in [-0.15, -0.1) is 0 Å². The maximum absolute atomic E-state index is 13.0. The van der Waals surface area contributed by atoms with E-state index in [1.54, 1.807) is 6.92 Å². The fourth-order valence-electron chi connectivity index (χ4n) is 1.29. The summed E-state index contributed by atoms with van der Waals surface area (Å²) in [5.74, 6) is -1.73. The fraction of sp³-hybridized carbons (Fsp3) is 0.333. The molecule has 0 aliphatic heterocycles. The molecule has 1 amide bonds. The van der Waals surface area contributed by atoms with Gasteiger partial charge in [0.15, 0.2) is 0 Å². The van der Waals surface area contributed by atoms with E-state index in [9.17, 15) is 14.0 Å². The van der Waals surface area contributed by atoms with Crippen molar-refractivity contribution in [1.82, 2.24) is 0 Å². The molecule has 0 saturated carbocycles. The lowest BCUT2D eigenvalue weighted by Crippen LogP contribution is -2.20. The average molecular weight is 255 g/mol. The van der Waals surface area contributed by atoms with E-state index >= 15 is 0 Å². The highest BCUT2D eigenvalue weighted by atomic mass is 19.1. The topological polar surface area (TPSA) is 64.6 Å². The van der Waals surface area contributed by atoms with Gasteiger partial charge in [0.25, 0.3) is 0 Å². The van der Waals surface area contributed by atoms with Crippen LogP contribution < -0.4 is 5.32 Å². The standard InChI is InChI=1S/C12H14FNO4/c1-3-18-7-11(15)14-10-5-4-8(13)6-9(10)12(16)17-2/h4-6H,3,7H2,1-2H3,(H,14,15). The molecule has 1 rings (SSSR count). The monoisotopic (exact) mass is 255 g/mol. The summed E-state index contributed by atoms with van der Waals surface area (Å²) in [6.45, 7) is 2.03. The van der Waals surface area contributed by atoms with Crippen LogP contribution in [0.5, 0.6) is 0 Å². The lowest BCUT2D eigenvalue weighted by molar-refractivity contribution is -0.120. The summed E-state index contributed by atoms with van der Waals surface area (Å²) in [5, 5.41) is 2.46. The number of carbonyl (C=O) groups is 2. The third-order valence-electron chi connectivity index (χ3n) is 2.10. The third-order valence-corrected chi connectivity index (χ3v) is 2.10. The quantitative estimate of drug-likeness (QED) is 0.811. The van der Waals surface area contributed by atoms with Gasteiger partial charge in [0.2, 0.25) is 5.91 Å². The molecule has 0 radical (unpaired) electrons. The molecule has 0 aliphatic carbocycles. The average Bonchev–Trinajstić information content (AvgIpc) is 2.37. The van der Waals surface area contributed by atoms with Gasteiger partial charge in [0.05, 0.1) is 18.4 Å². The van der Waals surface area contributed by atoms with Gasteiger partial charge in [0.1, 0.15) is 12.4 Å². The van der Waals surface area contributed by atoms with Crippen LogP contribution in [0.4, 0.5) is 10.1 Å². The largest absolute Gasteiger partial charge is 0.465 e. The smallest absolute Gasteiger partial charge is 0.340 e. The lowest BCUT2D eigenvalue weighted by Gasteiger charge is -2.09. The number of methoxy groups -OCH3 is 1. The summed E-state index contributed by atoms with van der Waals surface area (Å²) in [5.41, 5.74) is 0.148. The van der Waals surface area contributed by atoms with Gasteiger partial charge < -0.3 is 14.8 Å². The van der Waals surface area contributed by atoms with Crippen molar-refractivity contribution in [2.45, 2.75) is 6.92 Å². The maximum Gasteiger partial charge on any atom is 0.340 e. The van der Waals surface area contributed by atoms with Crippen LogP contribution >= 0.6 is 0 Å². The Labute approximate surface area is 104 Å². The second kappa shape index (κ2) is 6.70. The Morgan fingerprint density at radius 3 is 2.72 bits per heavy atom. The van der Waals surface area contributed by atoms with Crippen molar-refractivity contribution in [3.8, 4) is 0 Å². The number of hydrogen-bond donors (Lipinski definition) is 1. The highest BCUT2D eigenvalue weighted by Crippen LogP contribution is 2.18. The van der Waals surface area contributed by atoms with Crippen LogP contribution in [0.15, 0.2) is 18.2 Å². The Bertz CT molecular complexity index is 448. The molecule has 0 fully saturated rings. The summed E-state index contributed by atoms with van der Waals surface area (Å²) < 4.78 is 22.5. The predicted octanol–water partition coefficient (Wildman–Crippen LogP) is 1.59. The molecular formula is C12H14FNO4. The lowest BCUT2D eigenvalue weighted by atomic mass is 10.1. The second-order valence-electron chi connectivity index (χ2n) is 3.37. The number of halogens is 1. The van der Waals surface area contributed by atoms with Crippen LogP contribution in [0.1, 0.15) is 17.3 Å². The molecule has 0 saturated heterocycles. The number of anilines is 1. The number of amides is 1. The Balaban J connectivity index is 2.87. The zero-order valence-corrected chi connectivity index (χ0v) is 10.2. The molecule has 0 spiro atoms. The summed E-state index contributed by atoms with van der Waals surface area (Å²) in [7, 11) is 1.18. The van der Waals surface area contributed by atoms with Crippen LogP contribution in [0, 0.1) is 5.82 Å². The van der Waals surface area contributed by atoms with Gasteiger partial charge in [-0.25, -0.2) is 9.18 Å². The van der Waals surface area contributed by atoms with Crippen molar-refractivity contribution in [1.29, 1.82) is 0 Å². The number of rotatable bonds is 5. The first-order valence-corrected chi connectivity index (χ1v) is 5.34. The zero-order valence-electron chi connectivity index (χ0n) is 10.2. The first-order valence-electron chi connectivity index (χ1n) is 5.34. The summed E-state index contributed by atoms with van der Waals surface area (Å²) in [6.07, 6.45) is 0. The highest BCUT2D eigenvalue weighted by Gasteiger charge is 2.14. The van der Waals surface area contributed by atoms with Crippen molar-refractivity contribution in [3.63, 3.8) is 0 Å². The maximum atomic E-state index is 13.0. The summed E-state index contributed by atoms with van der Waals surface area (Å²) >= 11 is 0. The molecule has 1 aromatic carbocycles. The highest BCUT2D eigenvalue weighted by molar-refractivity contribution is 6.01. The van der Waals surface area contributed by atoms with Gasteiger partial charge in [-0.2, -0.15) is 0 Å². The fourth-order valence-corrected chi connectivity index (χ4v) is 1.29. The van der Waals surface area contributed by atoms with E-state index in [1.807, 2.05) is 0 Å². The van der Waals surface area contributed by atoms with Crippen LogP contribution in [0.3, 0.4) is 0 Å². The molecule has 18 heavy (non-hydrogen) atoms. The summed E-state index contributed by atoms with van der Waals surface area (Å²) in [4.78, 5) is 22.8. The molecule has 0 bridgehead atoms. The number of hydrogen-bond acceptors (Lipinski definition) is 4. The Kier molecular flexibility index (Phi) is 5.26. The number of carbonyl (C=O) groups excluding carboxylic acids is 2. The Hall–Kier alpha value is -1.95. The van der Waals surface area contributed by atoms with Crippen molar-refractivity contribution in [2.75, 3.05) is 25.6 Å². The zero-order chi connectivity index (χ0) is 13.5. The van der Waals surface area contributed by atoms with E-state index in [2.05, 4.69) is 10.1 Å². The number of esters is 1. The molecule has 0 aromatic heterocycles. The molecule has 0 unspecified atom stereocenters. The van der Waals surface area contributed by atoms with E-state index in [-0.39, 0.29) is 17.9 Å². The molecule has 0 atom stereocenters. The first-order chi connectivity index (χ1) is 8.58. The second-order valence-corrected chi connectivity index (χ2v) is 3.37. The predicted molar refractivity (Wildman–Crippen MR) is 62.9 cm³/mol. The SMILES string of the molecule is CCOCC(=O)Nc1ccc(F)cc1C(=O)OC. The van der Waals surface area contributed by atoms with E-state index in [4.69, 9.17) is 4.74 Å².